The summed E-state index contributed by atoms with van der Waals surface area (Å²) in [4.78, 5) is 27.0. The summed E-state index contributed by atoms with van der Waals surface area (Å²) in [5, 5.41) is 7.85. The molecule has 122 valence electrons. The Morgan fingerprint density at radius 3 is 2.95 bits per heavy atom. The second kappa shape index (κ2) is 8.29. The van der Waals surface area contributed by atoms with Crippen LogP contribution in [0.15, 0.2) is 17.5 Å². The Bertz CT molecular complexity index is 490. The van der Waals surface area contributed by atoms with Crippen LogP contribution >= 0.6 is 11.3 Å². The molecule has 22 heavy (non-hydrogen) atoms. The first-order valence-electron chi connectivity index (χ1n) is 7.91. The summed E-state index contributed by atoms with van der Waals surface area (Å²) in [6.45, 7) is 6.49. The second-order valence-electron chi connectivity index (χ2n) is 5.70. The normalized spacial score (nSPS) is 19.8. The van der Waals surface area contributed by atoms with E-state index >= 15 is 0 Å². The third-order valence-corrected chi connectivity index (χ3v) is 5.08. The predicted octanol–water partition coefficient (Wildman–Crippen LogP) is 1.92. The minimum atomic E-state index is -0.233. The minimum absolute atomic E-state index is 0.00453. The van der Waals surface area contributed by atoms with Crippen LogP contribution in [-0.2, 0) is 9.59 Å². The van der Waals surface area contributed by atoms with Crippen LogP contribution in [0, 0.1) is 0 Å². The van der Waals surface area contributed by atoms with Crippen molar-refractivity contribution in [1.82, 2.24) is 15.5 Å². The van der Waals surface area contributed by atoms with E-state index in [0.717, 1.165) is 24.4 Å². The van der Waals surface area contributed by atoms with E-state index in [4.69, 9.17) is 0 Å². The lowest BCUT2D eigenvalue weighted by molar-refractivity contribution is -0.122. The molecule has 1 aromatic rings. The molecule has 5 nitrogen and oxygen atoms in total. The number of likely N-dealkylation sites (N-methyl/N-ethyl adjacent to an activating group) is 1. The van der Waals surface area contributed by atoms with Crippen LogP contribution < -0.4 is 10.6 Å². The highest BCUT2D eigenvalue weighted by molar-refractivity contribution is 7.10. The Kier molecular flexibility index (Phi) is 6.39. The molecule has 0 saturated carbocycles. The molecule has 0 aromatic carbocycles. The van der Waals surface area contributed by atoms with Crippen LogP contribution in [0.3, 0.4) is 0 Å². The first kappa shape index (κ1) is 17.0. The maximum atomic E-state index is 12.2. The van der Waals surface area contributed by atoms with Crippen LogP contribution in [-0.4, -0.2) is 42.4 Å². The molecule has 0 unspecified atom stereocenters. The molecule has 1 aromatic heterocycles. The largest absolute Gasteiger partial charge is 0.354 e. The maximum absolute atomic E-state index is 12.2. The predicted molar refractivity (Wildman–Crippen MR) is 88.8 cm³/mol. The third kappa shape index (κ3) is 4.81. The highest BCUT2D eigenvalue weighted by Crippen LogP contribution is 2.22. The molecule has 2 atom stereocenters. The summed E-state index contributed by atoms with van der Waals surface area (Å²) in [6.07, 6.45) is 2.64. The first-order valence-corrected chi connectivity index (χ1v) is 8.79. The molecule has 1 fully saturated rings. The molecule has 6 heteroatoms. The summed E-state index contributed by atoms with van der Waals surface area (Å²) in [7, 11) is 0. The Labute approximate surface area is 136 Å². The number of carbonyl (C=O) groups excluding carboxylic acids is 2. The van der Waals surface area contributed by atoms with Crippen molar-refractivity contribution < 1.29 is 9.59 Å². The molecule has 2 N–H and O–H groups in total. The number of carbonyl (C=O) groups is 2. The highest BCUT2D eigenvalue weighted by atomic mass is 32.1. The van der Waals surface area contributed by atoms with Gasteiger partial charge in [-0.3, -0.25) is 14.5 Å². The van der Waals surface area contributed by atoms with Gasteiger partial charge in [0.15, 0.2) is 0 Å². The summed E-state index contributed by atoms with van der Waals surface area (Å²) in [6, 6.07) is 4.11. The molecule has 1 aliphatic heterocycles. The fourth-order valence-electron chi connectivity index (χ4n) is 2.99. The summed E-state index contributed by atoms with van der Waals surface area (Å²) >= 11 is 1.56. The number of hydrogen-bond acceptors (Lipinski definition) is 4. The molecular formula is C16H25N3O2S. The molecule has 0 bridgehead atoms. The van der Waals surface area contributed by atoms with Gasteiger partial charge in [-0.1, -0.05) is 13.0 Å². The second-order valence-corrected chi connectivity index (χ2v) is 6.68. The van der Waals surface area contributed by atoms with Gasteiger partial charge in [0.1, 0.15) is 0 Å². The van der Waals surface area contributed by atoms with Crippen LogP contribution in [0.4, 0.5) is 0 Å². The van der Waals surface area contributed by atoms with E-state index in [-0.39, 0.29) is 17.9 Å². The van der Waals surface area contributed by atoms with E-state index in [1.807, 2.05) is 17.5 Å². The Balaban J connectivity index is 1.84. The number of likely N-dealkylation sites (tertiary alicyclic amines) is 1. The Morgan fingerprint density at radius 1 is 1.50 bits per heavy atom. The fourth-order valence-corrected chi connectivity index (χ4v) is 3.77. The number of hydrogen-bond donors (Lipinski definition) is 2. The standard InChI is InChI=1S/C16H25N3O2S/c1-3-19-8-4-6-13(19)11-17-16(21)10-14(18-12(2)20)15-7-5-9-22-15/h5,7,9,13-14H,3-4,6,8,10-11H2,1-2H3,(H,17,21)(H,18,20)/t13-,14-/m1/s1. The van der Waals surface area contributed by atoms with E-state index in [9.17, 15) is 9.59 Å². The van der Waals surface area contributed by atoms with Gasteiger partial charge in [-0.05, 0) is 37.4 Å². The van der Waals surface area contributed by atoms with E-state index < -0.39 is 0 Å². The quantitative estimate of drug-likeness (QED) is 0.806. The number of nitrogens with one attached hydrogen (secondary N) is 2. The average Bonchev–Trinajstić information content (AvgIpc) is 3.15. The molecule has 1 aliphatic rings. The molecule has 2 rings (SSSR count). The Hall–Kier alpha value is -1.40. The van der Waals surface area contributed by atoms with Gasteiger partial charge in [0, 0.05) is 24.4 Å². The zero-order valence-electron chi connectivity index (χ0n) is 13.3. The van der Waals surface area contributed by atoms with E-state index in [2.05, 4.69) is 22.5 Å². The summed E-state index contributed by atoms with van der Waals surface area (Å²) in [5.41, 5.74) is 0. The number of amides is 2. The molecular weight excluding hydrogens is 298 g/mol. The lowest BCUT2D eigenvalue weighted by Crippen LogP contribution is -2.41. The monoisotopic (exact) mass is 323 g/mol. The first-order chi connectivity index (χ1) is 10.6. The number of thiophene rings is 1. The molecule has 0 radical (unpaired) electrons. The molecule has 0 aliphatic carbocycles. The van der Waals surface area contributed by atoms with E-state index in [1.54, 1.807) is 11.3 Å². The van der Waals surface area contributed by atoms with E-state index in [0.29, 0.717) is 19.0 Å². The summed E-state index contributed by atoms with van der Waals surface area (Å²) < 4.78 is 0. The van der Waals surface area contributed by atoms with Crippen molar-refractivity contribution in [2.24, 2.45) is 0 Å². The average molecular weight is 323 g/mol. The topological polar surface area (TPSA) is 61.4 Å². The van der Waals surface area contributed by atoms with Gasteiger partial charge < -0.3 is 10.6 Å². The van der Waals surface area contributed by atoms with Crippen molar-refractivity contribution >= 4 is 23.2 Å². The van der Waals surface area contributed by atoms with Crippen molar-refractivity contribution in [3.05, 3.63) is 22.4 Å². The highest BCUT2D eigenvalue weighted by Gasteiger charge is 2.24. The SMILES string of the molecule is CCN1CCC[C@@H]1CNC(=O)C[C@@H](NC(C)=O)c1cccs1. The fraction of sp³-hybridized carbons (Fsp3) is 0.625. The van der Waals surface area contributed by atoms with Gasteiger partial charge in [-0.2, -0.15) is 0 Å². The molecule has 0 spiro atoms. The number of nitrogens with zero attached hydrogens (tertiary/aromatic N) is 1. The van der Waals surface area contributed by atoms with Crippen molar-refractivity contribution in [3.63, 3.8) is 0 Å². The minimum Gasteiger partial charge on any atom is -0.354 e. The smallest absolute Gasteiger partial charge is 0.222 e. The Morgan fingerprint density at radius 2 is 2.32 bits per heavy atom. The van der Waals surface area contributed by atoms with Crippen molar-refractivity contribution in [1.29, 1.82) is 0 Å². The van der Waals surface area contributed by atoms with Gasteiger partial charge in [0.05, 0.1) is 12.5 Å². The van der Waals surface area contributed by atoms with Crippen LogP contribution in [0.1, 0.15) is 44.0 Å². The van der Waals surface area contributed by atoms with Gasteiger partial charge >= 0.3 is 0 Å². The van der Waals surface area contributed by atoms with Crippen molar-refractivity contribution in [2.45, 2.75) is 45.2 Å². The van der Waals surface area contributed by atoms with Crippen LogP contribution in [0.25, 0.3) is 0 Å². The van der Waals surface area contributed by atoms with Crippen molar-refractivity contribution in [2.75, 3.05) is 19.6 Å². The van der Waals surface area contributed by atoms with Crippen LogP contribution in [0.2, 0.25) is 0 Å². The lowest BCUT2D eigenvalue weighted by atomic mass is 10.1. The molecule has 2 amide bonds. The zero-order chi connectivity index (χ0) is 15.9. The molecule has 2 heterocycles. The van der Waals surface area contributed by atoms with E-state index in [1.165, 1.54) is 13.3 Å². The van der Waals surface area contributed by atoms with Crippen LogP contribution in [0.5, 0.6) is 0 Å². The van der Waals surface area contributed by atoms with Gasteiger partial charge in [-0.25, -0.2) is 0 Å². The van der Waals surface area contributed by atoms with Gasteiger partial charge in [0.2, 0.25) is 11.8 Å². The molecule has 1 saturated heterocycles. The summed E-state index contributed by atoms with van der Waals surface area (Å²) in [5.74, 6) is -0.116. The van der Waals surface area contributed by atoms with Gasteiger partial charge in [-0.15, -0.1) is 11.3 Å². The third-order valence-electron chi connectivity index (χ3n) is 4.09. The zero-order valence-corrected chi connectivity index (χ0v) is 14.1. The maximum Gasteiger partial charge on any atom is 0.222 e. The lowest BCUT2D eigenvalue weighted by Gasteiger charge is -2.23. The van der Waals surface area contributed by atoms with Crippen molar-refractivity contribution in [3.8, 4) is 0 Å². The number of rotatable bonds is 7. The van der Waals surface area contributed by atoms with Gasteiger partial charge in [0.25, 0.3) is 0 Å².